The topological polar surface area (TPSA) is 75.4 Å². The van der Waals surface area contributed by atoms with Crippen LogP contribution in [0.1, 0.15) is 18.2 Å². The van der Waals surface area contributed by atoms with E-state index in [-0.39, 0.29) is 12.5 Å². The maximum absolute atomic E-state index is 13.0. The van der Waals surface area contributed by atoms with Gasteiger partial charge in [0.2, 0.25) is 0 Å². The average Bonchev–Trinajstić information content (AvgIpc) is 3.33. The Morgan fingerprint density at radius 1 is 1.27 bits per heavy atom. The Kier molecular flexibility index (Phi) is 4.16. The highest BCUT2D eigenvalue weighted by Crippen LogP contribution is 2.34. The van der Waals surface area contributed by atoms with Crippen LogP contribution >= 0.6 is 27.3 Å². The predicted octanol–water partition coefficient (Wildman–Crippen LogP) is 4.13. The summed E-state index contributed by atoms with van der Waals surface area (Å²) in [6.07, 6.45) is 0. The number of halogens is 1. The molecule has 0 spiro atoms. The maximum atomic E-state index is 13.0. The number of nitrogens with one attached hydrogen (secondary N) is 1. The number of benzene rings is 1. The number of carbonyl (C=O) groups excluding carboxylic acids is 2. The molecule has 3 amide bonds. The van der Waals surface area contributed by atoms with E-state index in [2.05, 4.69) is 26.4 Å². The zero-order valence-electron chi connectivity index (χ0n) is 13.7. The standard InChI is InChI=1S/C18H14BrN3O3S/c1-18(12-5-2-3-6-13(12)19)16(23)22(17(24)20-18)10-11-9-14(25-21-11)15-7-4-8-26-15/h2-9H,10H2,1H3,(H,20,24). The van der Waals surface area contributed by atoms with E-state index in [1.54, 1.807) is 13.0 Å². The van der Waals surface area contributed by atoms with Crippen molar-refractivity contribution in [3.05, 3.63) is 63.6 Å². The fourth-order valence-corrected chi connectivity index (χ4v) is 4.33. The number of hydrogen-bond acceptors (Lipinski definition) is 5. The highest BCUT2D eigenvalue weighted by Gasteiger charge is 2.49. The molecule has 4 rings (SSSR count). The van der Waals surface area contributed by atoms with E-state index in [1.165, 1.54) is 11.3 Å². The van der Waals surface area contributed by atoms with E-state index in [1.807, 2.05) is 41.8 Å². The first-order valence-corrected chi connectivity index (χ1v) is 9.55. The van der Waals surface area contributed by atoms with Crippen molar-refractivity contribution in [1.29, 1.82) is 0 Å². The molecule has 0 radical (unpaired) electrons. The van der Waals surface area contributed by atoms with Gasteiger partial charge in [-0.1, -0.05) is 45.4 Å². The van der Waals surface area contributed by atoms with Gasteiger partial charge in [-0.2, -0.15) is 0 Å². The van der Waals surface area contributed by atoms with Crippen molar-refractivity contribution < 1.29 is 14.1 Å². The Hall–Kier alpha value is -2.45. The third-order valence-corrected chi connectivity index (χ3v) is 5.91. The first-order valence-electron chi connectivity index (χ1n) is 7.87. The molecule has 3 aromatic rings. The molecular formula is C18H14BrN3O3S. The molecule has 1 N–H and O–H groups in total. The van der Waals surface area contributed by atoms with Crippen LogP contribution in [0.3, 0.4) is 0 Å². The number of carbonyl (C=O) groups is 2. The lowest BCUT2D eigenvalue weighted by Gasteiger charge is -2.23. The second-order valence-corrected chi connectivity index (χ2v) is 7.89. The summed E-state index contributed by atoms with van der Waals surface area (Å²) in [5, 5.41) is 8.73. The van der Waals surface area contributed by atoms with Gasteiger partial charge in [0.1, 0.15) is 11.2 Å². The Labute approximate surface area is 161 Å². The number of imide groups is 1. The summed E-state index contributed by atoms with van der Waals surface area (Å²) in [5.41, 5.74) is 0.103. The van der Waals surface area contributed by atoms with Crippen molar-refractivity contribution in [2.75, 3.05) is 0 Å². The van der Waals surface area contributed by atoms with Crippen LogP contribution in [0.25, 0.3) is 10.6 Å². The first kappa shape index (κ1) is 17.0. The number of nitrogens with zero attached hydrogens (tertiary/aromatic N) is 2. The van der Waals surface area contributed by atoms with E-state index in [4.69, 9.17) is 4.52 Å². The van der Waals surface area contributed by atoms with Crippen molar-refractivity contribution in [2.45, 2.75) is 19.0 Å². The van der Waals surface area contributed by atoms with Gasteiger partial charge in [-0.05, 0) is 24.4 Å². The van der Waals surface area contributed by atoms with Crippen LogP contribution in [0, 0.1) is 0 Å². The predicted molar refractivity (Wildman–Crippen MR) is 100 cm³/mol. The summed E-state index contributed by atoms with van der Waals surface area (Å²) >= 11 is 4.99. The highest BCUT2D eigenvalue weighted by atomic mass is 79.9. The number of urea groups is 1. The molecule has 26 heavy (non-hydrogen) atoms. The average molecular weight is 432 g/mol. The van der Waals surface area contributed by atoms with Crippen LogP contribution in [0.4, 0.5) is 4.79 Å². The van der Waals surface area contributed by atoms with Crippen LogP contribution in [0.15, 0.2) is 56.8 Å². The zero-order valence-corrected chi connectivity index (χ0v) is 16.1. The molecule has 1 fully saturated rings. The van der Waals surface area contributed by atoms with E-state index in [9.17, 15) is 9.59 Å². The molecule has 1 unspecified atom stereocenters. The minimum Gasteiger partial charge on any atom is -0.355 e. The fourth-order valence-electron chi connectivity index (χ4n) is 2.97. The minimum absolute atomic E-state index is 0.0551. The summed E-state index contributed by atoms with van der Waals surface area (Å²) in [6.45, 7) is 1.76. The Morgan fingerprint density at radius 3 is 2.81 bits per heavy atom. The molecule has 1 saturated heterocycles. The van der Waals surface area contributed by atoms with Gasteiger partial charge in [-0.3, -0.25) is 9.69 Å². The molecule has 1 aliphatic rings. The van der Waals surface area contributed by atoms with Crippen LogP contribution in [-0.2, 0) is 16.9 Å². The van der Waals surface area contributed by atoms with Crippen molar-refractivity contribution in [3.8, 4) is 10.6 Å². The number of aromatic nitrogens is 1. The number of thiophene rings is 1. The summed E-state index contributed by atoms with van der Waals surface area (Å²) in [6, 6.07) is 12.5. The van der Waals surface area contributed by atoms with Crippen LogP contribution < -0.4 is 5.32 Å². The summed E-state index contributed by atoms with van der Waals surface area (Å²) in [4.78, 5) is 27.5. The van der Waals surface area contributed by atoms with Gasteiger partial charge in [-0.15, -0.1) is 11.3 Å². The van der Waals surface area contributed by atoms with E-state index < -0.39 is 11.6 Å². The number of amides is 3. The van der Waals surface area contributed by atoms with E-state index >= 15 is 0 Å². The molecule has 3 heterocycles. The van der Waals surface area contributed by atoms with Gasteiger partial charge in [0.05, 0.1) is 11.4 Å². The second-order valence-electron chi connectivity index (χ2n) is 6.09. The van der Waals surface area contributed by atoms with Crippen molar-refractivity contribution in [1.82, 2.24) is 15.4 Å². The minimum atomic E-state index is -1.13. The van der Waals surface area contributed by atoms with Gasteiger partial charge in [-0.25, -0.2) is 4.79 Å². The monoisotopic (exact) mass is 431 g/mol. The summed E-state index contributed by atoms with van der Waals surface area (Å²) in [7, 11) is 0. The van der Waals surface area contributed by atoms with Gasteiger partial charge in [0.15, 0.2) is 5.76 Å². The van der Waals surface area contributed by atoms with E-state index in [0.29, 0.717) is 17.0 Å². The molecule has 132 valence electrons. The normalized spacial score (nSPS) is 19.8. The third-order valence-electron chi connectivity index (χ3n) is 4.33. The lowest BCUT2D eigenvalue weighted by Crippen LogP contribution is -2.41. The first-order chi connectivity index (χ1) is 12.5. The Morgan fingerprint density at radius 2 is 2.08 bits per heavy atom. The summed E-state index contributed by atoms with van der Waals surface area (Å²) in [5.74, 6) is 0.297. The maximum Gasteiger partial charge on any atom is 0.325 e. The Balaban J connectivity index is 1.60. The number of rotatable bonds is 4. The molecule has 2 aromatic heterocycles. The highest BCUT2D eigenvalue weighted by molar-refractivity contribution is 9.10. The zero-order chi connectivity index (χ0) is 18.3. The third kappa shape index (κ3) is 2.75. The molecule has 1 aromatic carbocycles. The molecule has 6 nitrogen and oxygen atoms in total. The molecule has 0 bridgehead atoms. The molecule has 1 atom stereocenters. The van der Waals surface area contributed by atoms with Gasteiger partial charge in [0, 0.05) is 16.1 Å². The lowest BCUT2D eigenvalue weighted by atomic mass is 9.92. The van der Waals surface area contributed by atoms with Gasteiger partial charge < -0.3 is 9.84 Å². The Bertz CT molecular complexity index is 985. The van der Waals surface area contributed by atoms with Gasteiger partial charge >= 0.3 is 6.03 Å². The van der Waals surface area contributed by atoms with Crippen LogP contribution in [-0.4, -0.2) is 22.0 Å². The molecule has 0 saturated carbocycles. The SMILES string of the molecule is CC1(c2ccccc2Br)NC(=O)N(Cc2cc(-c3cccs3)on2)C1=O. The molecule has 8 heteroatoms. The van der Waals surface area contributed by atoms with Gasteiger partial charge in [0.25, 0.3) is 5.91 Å². The van der Waals surface area contributed by atoms with Crippen molar-refractivity contribution in [3.63, 3.8) is 0 Å². The molecule has 0 aliphatic carbocycles. The molecule has 1 aliphatic heterocycles. The molecular weight excluding hydrogens is 418 g/mol. The van der Waals surface area contributed by atoms with Crippen LogP contribution in [0.2, 0.25) is 0 Å². The largest absolute Gasteiger partial charge is 0.355 e. The second kappa shape index (κ2) is 6.37. The summed E-state index contributed by atoms with van der Waals surface area (Å²) < 4.78 is 6.09. The van der Waals surface area contributed by atoms with Crippen molar-refractivity contribution in [2.24, 2.45) is 0 Å². The smallest absolute Gasteiger partial charge is 0.325 e. The fraction of sp³-hybridized carbons (Fsp3) is 0.167. The number of hydrogen-bond donors (Lipinski definition) is 1. The van der Waals surface area contributed by atoms with Crippen LogP contribution in [0.5, 0.6) is 0 Å². The van der Waals surface area contributed by atoms with E-state index in [0.717, 1.165) is 14.2 Å². The van der Waals surface area contributed by atoms with Crippen molar-refractivity contribution >= 4 is 39.2 Å². The lowest BCUT2D eigenvalue weighted by molar-refractivity contribution is -0.131. The quantitative estimate of drug-likeness (QED) is 0.629.